The summed E-state index contributed by atoms with van der Waals surface area (Å²) in [5.41, 5.74) is 1.34. The number of nitrogens with zero attached hydrogens (tertiary/aromatic N) is 1. The van der Waals surface area contributed by atoms with E-state index in [2.05, 4.69) is 41.8 Å². The molecule has 0 N–H and O–H groups in total. The minimum absolute atomic E-state index is 0.249. The second-order valence-electron chi connectivity index (χ2n) is 5.68. The van der Waals surface area contributed by atoms with E-state index in [1.165, 1.54) is 5.56 Å². The van der Waals surface area contributed by atoms with Crippen LogP contribution in [-0.4, -0.2) is 23.3 Å². The van der Waals surface area contributed by atoms with Crippen molar-refractivity contribution >= 4 is 5.78 Å². The zero-order valence-electron chi connectivity index (χ0n) is 11.3. The van der Waals surface area contributed by atoms with Gasteiger partial charge in [-0.3, -0.25) is 9.69 Å². The average Bonchev–Trinajstić information content (AvgIpc) is 2.81. The van der Waals surface area contributed by atoms with Gasteiger partial charge in [-0.1, -0.05) is 36.4 Å². The standard InChI is InChI=1S/C17H21NO/c1-2-11-18-15-9-6-10-17(19)14(15)12-16(18)13-7-4-3-5-8-13/h2-5,7-8,14-16H,1,6,9-12H2/t14-,15-,16-/m0/s1. The molecule has 1 aromatic rings. The van der Waals surface area contributed by atoms with Crippen molar-refractivity contribution in [2.45, 2.75) is 37.8 Å². The number of rotatable bonds is 3. The van der Waals surface area contributed by atoms with Crippen LogP contribution in [0.2, 0.25) is 0 Å². The smallest absolute Gasteiger partial charge is 0.137 e. The van der Waals surface area contributed by atoms with Gasteiger partial charge in [0.2, 0.25) is 0 Å². The first kappa shape index (κ1) is 12.6. The van der Waals surface area contributed by atoms with Crippen molar-refractivity contribution in [2.24, 2.45) is 5.92 Å². The van der Waals surface area contributed by atoms with Gasteiger partial charge in [0.1, 0.15) is 5.78 Å². The van der Waals surface area contributed by atoms with E-state index < -0.39 is 0 Å². The highest BCUT2D eigenvalue weighted by atomic mass is 16.1. The van der Waals surface area contributed by atoms with Crippen molar-refractivity contribution in [3.05, 3.63) is 48.6 Å². The van der Waals surface area contributed by atoms with Gasteiger partial charge in [-0.15, -0.1) is 6.58 Å². The van der Waals surface area contributed by atoms with Crippen LogP contribution in [0, 0.1) is 5.92 Å². The van der Waals surface area contributed by atoms with Crippen LogP contribution in [0.5, 0.6) is 0 Å². The lowest BCUT2D eigenvalue weighted by atomic mass is 9.83. The van der Waals surface area contributed by atoms with E-state index in [9.17, 15) is 4.79 Å². The lowest BCUT2D eigenvalue weighted by Gasteiger charge is -2.32. The van der Waals surface area contributed by atoms with Crippen molar-refractivity contribution in [1.29, 1.82) is 0 Å². The van der Waals surface area contributed by atoms with Crippen molar-refractivity contribution in [3.63, 3.8) is 0 Å². The van der Waals surface area contributed by atoms with Gasteiger partial charge in [0, 0.05) is 31.0 Å². The Labute approximate surface area is 115 Å². The van der Waals surface area contributed by atoms with Crippen LogP contribution in [0.1, 0.15) is 37.3 Å². The molecule has 2 heteroatoms. The summed E-state index contributed by atoms with van der Waals surface area (Å²) in [4.78, 5) is 14.6. The van der Waals surface area contributed by atoms with E-state index in [0.29, 0.717) is 17.9 Å². The number of hydrogen-bond acceptors (Lipinski definition) is 2. The van der Waals surface area contributed by atoms with Gasteiger partial charge >= 0.3 is 0 Å². The molecular formula is C17H21NO. The molecule has 1 aromatic carbocycles. The molecule has 1 heterocycles. The lowest BCUT2D eigenvalue weighted by Crippen LogP contribution is -2.39. The Hall–Kier alpha value is -1.41. The van der Waals surface area contributed by atoms with Crippen LogP contribution in [0.4, 0.5) is 0 Å². The molecule has 0 amide bonds. The van der Waals surface area contributed by atoms with Crippen LogP contribution in [0.15, 0.2) is 43.0 Å². The van der Waals surface area contributed by atoms with E-state index in [-0.39, 0.29) is 5.92 Å². The minimum Gasteiger partial charge on any atom is -0.299 e. The number of carbonyl (C=O) groups is 1. The number of carbonyl (C=O) groups excluding carboxylic acids is 1. The van der Waals surface area contributed by atoms with Gasteiger partial charge in [0.05, 0.1) is 0 Å². The maximum absolute atomic E-state index is 12.1. The summed E-state index contributed by atoms with van der Waals surface area (Å²) < 4.78 is 0. The molecule has 0 radical (unpaired) electrons. The molecular weight excluding hydrogens is 234 g/mol. The van der Waals surface area contributed by atoms with E-state index in [4.69, 9.17) is 0 Å². The molecule has 19 heavy (non-hydrogen) atoms. The van der Waals surface area contributed by atoms with E-state index in [0.717, 1.165) is 32.2 Å². The Morgan fingerprint density at radius 1 is 1.32 bits per heavy atom. The highest BCUT2D eigenvalue weighted by Crippen LogP contribution is 2.44. The molecule has 3 rings (SSSR count). The minimum atomic E-state index is 0.249. The van der Waals surface area contributed by atoms with Crippen molar-refractivity contribution in [3.8, 4) is 0 Å². The number of ketones is 1. The van der Waals surface area contributed by atoms with E-state index >= 15 is 0 Å². The quantitative estimate of drug-likeness (QED) is 0.772. The van der Waals surface area contributed by atoms with Crippen LogP contribution in [-0.2, 0) is 4.79 Å². The fourth-order valence-electron chi connectivity index (χ4n) is 3.79. The van der Waals surface area contributed by atoms with Crippen LogP contribution in [0.3, 0.4) is 0 Å². The number of benzene rings is 1. The molecule has 0 aromatic heterocycles. The third-order valence-electron chi connectivity index (χ3n) is 4.63. The lowest BCUT2D eigenvalue weighted by molar-refractivity contribution is -0.125. The van der Waals surface area contributed by atoms with Crippen molar-refractivity contribution < 1.29 is 4.79 Å². The van der Waals surface area contributed by atoms with E-state index in [1.807, 2.05) is 6.08 Å². The molecule has 3 atom stereocenters. The van der Waals surface area contributed by atoms with Crippen LogP contribution in [0.25, 0.3) is 0 Å². The molecule has 2 aliphatic rings. The molecule has 100 valence electrons. The molecule has 0 bridgehead atoms. The zero-order chi connectivity index (χ0) is 13.2. The summed E-state index contributed by atoms with van der Waals surface area (Å²) in [6.07, 6.45) is 5.95. The number of likely N-dealkylation sites (tertiary alicyclic amines) is 1. The Kier molecular flexibility index (Phi) is 3.52. The van der Waals surface area contributed by atoms with Gasteiger partial charge in [-0.05, 0) is 24.8 Å². The summed E-state index contributed by atoms with van der Waals surface area (Å²) in [6, 6.07) is 11.4. The van der Waals surface area contributed by atoms with E-state index in [1.54, 1.807) is 0 Å². The first-order valence-electron chi connectivity index (χ1n) is 7.25. The molecule has 1 aliphatic heterocycles. The second kappa shape index (κ2) is 5.30. The molecule has 0 unspecified atom stereocenters. The monoisotopic (exact) mass is 255 g/mol. The Morgan fingerprint density at radius 3 is 2.84 bits per heavy atom. The molecule has 1 saturated heterocycles. The summed E-state index contributed by atoms with van der Waals surface area (Å²) in [6.45, 7) is 4.77. The fourth-order valence-corrected chi connectivity index (χ4v) is 3.79. The maximum Gasteiger partial charge on any atom is 0.137 e. The van der Waals surface area contributed by atoms with Gasteiger partial charge in [0.25, 0.3) is 0 Å². The van der Waals surface area contributed by atoms with Crippen molar-refractivity contribution in [2.75, 3.05) is 6.54 Å². The van der Waals surface area contributed by atoms with Gasteiger partial charge in [-0.25, -0.2) is 0 Å². The topological polar surface area (TPSA) is 20.3 Å². The largest absolute Gasteiger partial charge is 0.299 e. The predicted octanol–water partition coefficient (Wildman–Crippen LogP) is 3.36. The van der Waals surface area contributed by atoms with Crippen LogP contribution >= 0.6 is 0 Å². The van der Waals surface area contributed by atoms with Gasteiger partial charge in [-0.2, -0.15) is 0 Å². The molecule has 1 saturated carbocycles. The highest BCUT2D eigenvalue weighted by Gasteiger charge is 2.45. The van der Waals surface area contributed by atoms with Gasteiger partial charge in [0.15, 0.2) is 0 Å². The SMILES string of the molecule is C=CCN1[C@H](c2ccccc2)C[C@@H]2C(=O)CCC[C@@H]21. The summed E-state index contributed by atoms with van der Waals surface area (Å²) in [7, 11) is 0. The number of fused-ring (bicyclic) bond motifs is 1. The first-order valence-corrected chi connectivity index (χ1v) is 7.25. The average molecular weight is 255 g/mol. The number of Topliss-reactive ketones (excluding diaryl/α,β-unsaturated/α-hetero) is 1. The summed E-state index contributed by atoms with van der Waals surface area (Å²) >= 11 is 0. The second-order valence-corrected chi connectivity index (χ2v) is 5.68. The molecule has 0 spiro atoms. The number of hydrogen-bond donors (Lipinski definition) is 0. The molecule has 1 aliphatic carbocycles. The first-order chi connectivity index (χ1) is 9.31. The van der Waals surface area contributed by atoms with Gasteiger partial charge < -0.3 is 0 Å². The highest BCUT2D eigenvalue weighted by molar-refractivity contribution is 5.83. The summed E-state index contributed by atoms with van der Waals surface area (Å²) in [5, 5.41) is 0. The third kappa shape index (κ3) is 2.25. The normalized spacial score (nSPS) is 31.2. The van der Waals surface area contributed by atoms with Crippen LogP contribution < -0.4 is 0 Å². The fraction of sp³-hybridized carbons (Fsp3) is 0.471. The zero-order valence-corrected chi connectivity index (χ0v) is 11.3. The predicted molar refractivity (Wildman–Crippen MR) is 76.8 cm³/mol. The Morgan fingerprint density at radius 2 is 2.11 bits per heavy atom. The molecule has 2 nitrogen and oxygen atoms in total. The molecule has 2 fully saturated rings. The Balaban J connectivity index is 1.91. The third-order valence-corrected chi connectivity index (χ3v) is 4.63. The summed E-state index contributed by atoms with van der Waals surface area (Å²) in [5.74, 6) is 0.725. The maximum atomic E-state index is 12.1. The van der Waals surface area contributed by atoms with Crippen molar-refractivity contribution in [1.82, 2.24) is 4.90 Å². The Bertz CT molecular complexity index is 467.